The lowest BCUT2D eigenvalue weighted by Crippen LogP contribution is -2.22. The van der Waals surface area contributed by atoms with Crippen LogP contribution in [0.3, 0.4) is 0 Å². The summed E-state index contributed by atoms with van der Waals surface area (Å²) >= 11 is 12.0. The van der Waals surface area contributed by atoms with Crippen molar-refractivity contribution >= 4 is 23.2 Å². The van der Waals surface area contributed by atoms with Gasteiger partial charge in [-0.15, -0.1) is 0 Å². The highest BCUT2D eigenvalue weighted by atomic mass is 35.5. The minimum Gasteiger partial charge on any atom is -0.340 e. The Morgan fingerprint density at radius 3 is 2.89 bits per heavy atom. The van der Waals surface area contributed by atoms with Gasteiger partial charge >= 0.3 is 0 Å². The zero-order valence-electron chi connectivity index (χ0n) is 10.2. The van der Waals surface area contributed by atoms with Gasteiger partial charge < -0.3 is 9.84 Å². The first-order chi connectivity index (χ1) is 9.09. The largest absolute Gasteiger partial charge is 0.340 e. The van der Waals surface area contributed by atoms with Crippen LogP contribution < -0.4 is 5.32 Å². The molecule has 1 N–H and O–H groups in total. The second kappa shape index (κ2) is 6.32. The van der Waals surface area contributed by atoms with Crippen molar-refractivity contribution in [3.8, 4) is 0 Å². The van der Waals surface area contributed by atoms with Gasteiger partial charge in [0.2, 0.25) is 5.89 Å². The minimum absolute atomic E-state index is 0.0466. The molecule has 2 rings (SSSR count). The third kappa shape index (κ3) is 3.43. The second-order valence-electron chi connectivity index (χ2n) is 4.02. The summed E-state index contributed by atoms with van der Waals surface area (Å²) in [5, 5.41) is 7.18. The molecule has 1 heterocycles. The van der Waals surface area contributed by atoms with E-state index in [9.17, 15) is 4.39 Å². The second-order valence-corrected chi connectivity index (χ2v) is 4.80. The van der Waals surface area contributed by atoms with Crippen LogP contribution in [0.25, 0.3) is 0 Å². The highest BCUT2D eigenvalue weighted by Crippen LogP contribution is 2.32. The summed E-state index contributed by atoms with van der Waals surface area (Å²) in [6.07, 6.45) is 1.92. The third-order valence-corrected chi connectivity index (χ3v) is 3.42. The Morgan fingerprint density at radius 1 is 1.42 bits per heavy atom. The average molecular weight is 304 g/mol. The summed E-state index contributed by atoms with van der Waals surface area (Å²) in [4.78, 5) is 3.91. The Bertz CT molecular complexity index is 548. The van der Waals surface area contributed by atoms with Gasteiger partial charge in [0, 0.05) is 29.6 Å². The number of rotatable bonds is 5. The van der Waals surface area contributed by atoms with E-state index in [4.69, 9.17) is 27.7 Å². The van der Waals surface area contributed by atoms with E-state index in [2.05, 4.69) is 15.5 Å². The van der Waals surface area contributed by atoms with Gasteiger partial charge in [-0.3, -0.25) is 0 Å². The molecule has 0 spiro atoms. The zero-order chi connectivity index (χ0) is 13.8. The average Bonchev–Trinajstić information content (AvgIpc) is 2.87. The SMILES string of the molecule is CC(NCCc1ncno1)c1c(Cl)ccc(F)c1Cl. The van der Waals surface area contributed by atoms with Crippen LogP contribution >= 0.6 is 23.2 Å². The van der Waals surface area contributed by atoms with Crippen molar-refractivity contribution in [1.29, 1.82) is 0 Å². The first-order valence-electron chi connectivity index (χ1n) is 5.72. The number of benzene rings is 1. The van der Waals surface area contributed by atoms with Gasteiger partial charge in [-0.2, -0.15) is 4.98 Å². The Morgan fingerprint density at radius 2 is 2.21 bits per heavy atom. The first-order valence-corrected chi connectivity index (χ1v) is 6.47. The van der Waals surface area contributed by atoms with Crippen molar-refractivity contribution < 1.29 is 8.91 Å². The molecule has 0 radical (unpaired) electrons. The number of halogens is 3. The molecule has 4 nitrogen and oxygen atoms in total. The first kappa shape index (κ1) is 14.2. The summed E-state index contributed by atoms with van der Waals surface area (Å²) in [5.74, 6) is 0.0581. The monoisotopic (exact) mass is 303 g/mol. The van der Waals surface area contributed by atoms with Gasteiger partial charge in [-0.25, -0.2) is 4.39 Å². The topological polar surface area (TPSA) is 51.0 Å². The van der Waals surface area contributed by atoms with Crippen molar-refractivity contribution in [2.24, 2.45) is 0 Å². The minimum atomic E-state index is -0.480. The van der Waals surface area contributed by atoms with Crippen LogP contribution in [0.15, 0.2) is 23.0 Å². The highest BCUT2D eigenvalue weighted by Gasteiger charge is 2.16. The molecule has 0 aliphatic heterocycles. The summed E-state index contributed by atoms with van der Waals surface area (Å²) < 4.78 is 18.3. The van der Waals surface area contributed by atoms with Gasteiger partial charge in [-0.05, 0) is 19.1 Å². The number of nitrogens with zero attached hydrogens (tertiary/aromatic N) is 2. The van der Waals surface area contributed by atoms with Gasteiger partial charge in [0.25, 0.3) is 0 Å². The van der Waals surface area contributed by atoms with Crippen LogP contribution in [0.5, 0.6) is 0 Å². The maximum atomic E-state index is 13.4. The highest BCUT2D eigenvalue weighted by molar-refractivity contribution is 6.36. The zero-order valence-corrected chi connectivity index (χ0v) is 11.7. The van der Waals surface area contributed by atoms with Gasteiger partial charge in [0.15, 0.2) is 6.33 Å². The smallest absolute Gasteiger partial charge is 0.227 e. The van der Waals surface area contributed by atoms with Gasteiger partial charge in [0.05, 0.1) is 5.02 Å². The molecule has 0 saturated heterocycles. The van der Waals surface area contributed by atoms with Crippen molar-refractivity contribution in [3.63, 3.8) is 0 Å². The molecular formula is C12H12Cl2FN3O. The summed E-state index contributed by atoms with van der Waals surface area (Å²) in [6, 6.07) is 2.56. The number of hydrogen-bond donors (Lipinski definition) is 1. The molecule has 102 valence electrons. The Balaban J connectivity index is 2.00. The fourth-order valence-corrected chi connectivity index (χ4v) is 2.44. The predicted molar refractivity (Wildman–Crippen MR) is 70.8 cm³/mol. The quantitative estimate of drug-likeness (QED) is 0.860. The fraction of sp³-hybridized carbons (Fsp3) is 0.333. The van der Waals surface area contributed by atoms with E-state index in [0.717, 1.165) is 0 Å². The lowest BCUT2D eigenvalue weighted by atomic mass is 10.1. The van der Waals surface area contributed by atoms with Crippen LogP contribution in [0.1, 0.15) is 24.4 Å². The molecule has 1 aromatic carbocycles. The van der Waals surface area contributed by atoms with Crippen molar-refractivity contribution in [3.05, 3.63) is 45.8 Å². The molecule has 19 heavy (non-hydrogen) atoms. The Kier molecular flexibility index (Phi) is 4.74. The van der Waals surface area contributed by atoms with E-state index < -0.39 is 5.82 Å². The van der Waals surface area contributed by atoms with Gasteiger partial charge in [-0.1, -0.05) is 28.4 Å². The predicted octanol–water partition coefficient (Wildman–Crippen LogP) is 3.41. The van der Waals surface area contributed by atoms with E-state index >= 15 is 0 Å². The maximum Gasteiger partial charge on any atom is 0.227 e. The van der Waals surface area contributed by atoms with Crippen molar-refractivity contribution in [2.45, 2.75) is 19.4 Å². The van der Waals surface area contributed by atoms with Crippen LogP contribution in [0.2, 0.25) is 10.0 Å². The molecule has 0 fully saturated rings. The van der Waals surface area contributed by atoms with Crippen LogP contribution in [-0.4, -0.2) is 16.7 Å². The molecule has 1 unspecified atom stereocenters. The third-order valence-electron chi connectivity index (χ3n) is 2.71. The molecule has 1 atom stereocenters. The van der Waals surface area contributed by atoms with Crippen LogP contribution in [-0.2, 0) is 6.42 Å². The van der Waals surface area contributed by atoms with E-state index in [1.165, 1.54) is 18.5 Å². The summed E-state index contributed by atoms with van der Waals surface area (Å²) in [5.41, 5.74) is 0.550. The molecule has 1 aromatic heterocycles. The molecule has 7 heteroatoms. The summed E-state index contributed by atoms with van der Waals surface area (Å²) in [6.45, 7) is 2.45. The normalized spacial score (nSPS) is 12.6. The molecule has 2 aromatic rings. The van der Waals surface area contributed by atoms with Crippen LogP contribution in [0.4, 0.5) is 4.39 Å². The molecule has 0 amide bonds. The maximum absolute atomic E-state index is 13.4. The molecule has 0 bridgehead atoms. The number of hydrogen-bond acceptors (Lipinski definition) is 4. The van der Waals surface area contributed by atoms with E-state index in [-0.39, 0.29) is 11.1 Å². The van der Waals surface area contributed by atoms with E-state index in [1.807, 2.05) is 6.92 Å². The van der Waals surface area contributed by atoms with E-state index in [1.54, 1.807) is 0 Å². The lowest BCUT2D eigenvalue weighted by molar-refractivity contribution is 0.372. The molecule has 0 aliphatic rings. The standard InChI is InChI=1S/C12H12Cl2FN3O/c1-7(16-5-4-10-17-6-18-19-10)11-8(13)2-3-9(15)12(11)14/h2-3,6-7,16H,4-5H2,1H3. The van der Waals surface area contributed by atoms with E-state index in [0.29, 0.717) is 29.4 Å². The van der Waals surface area contributed by atoms with Gasteiger partial charge in [0.1, 0.15) is 5.82 Å². The molecule has 0 saturated carbocycles. The number of nitrogens with one attached hydrogen (secondary N) is 1. The van der Waals surface area contributed by atoms with Crippen molar-refractivity contribution in [2.75, 3.05) is 6.54 Å². The number of aromatic nitrogens is 2. The lowest BCUT2D eigenvalue weighted by Gasteiger charge is -2.17. The summed E-state index contributed by atoms with van der Waals surface area (Å²) in [7, 11) is 0. The molecular weight excluding hydrogens is 292 g/mol. The fourth-order valence-electron chi connectivity index (χ4n) is 1.74. The Hall–Kier alpha value is -1.17. The molecule has 0 aliphatic carbocycles. The Labute approximate surface area is 119 Å². The van der Waals surface area contributed by atoms with Crippen LogP contribution in [0, 0.1) is 5.82 Å². The van der Waals surface area contributed by atoms with Crippen molar-refractivity contribution in [1.82, 2.24) is 15.5 Å².